The van der Waals surface area contributed by atoms with Gasteiger partial charge in [-0.2, -0.15) is 13.2 Å². The minimum Gasteiger partial charge on any atom is -0.299 e. The van der Waals surface area contributed by atoms with Crippen LogP contribution in [0.4, 0.5) is 13.2 Å². The molecule has 0 aromatic heterocycles. The number of carbonyl (C=O) groups excluding carboxylic acids is 1. The third kappa shape index (κ3) is 4.19. The maximum atomic E-state index is 11.8. The summed E-state index contributed by atoms with van der Waals surface area (Å²) < 4.78 is 57.3. The van der Waals surface area contributed by atoms with E-state index in [9.17, 15) is 26.4 Å². The highest BCUT2D eigenvalue weighted by Gasteiger charge is 2.35. The average Bonchev–Trinajstić information content (AvgIpc) is 2.40. The van der Waals surface area contributed by atoms with E-state index in [0.29, 0.717) is 0 Å². The van der Waals surface area contributed by atoms with Gasteiger partial charge in [0.25, 0.3) is 0 Å². The second-order valence-corrected chi connectivity index (χ2v) is 5.91. The Bertz CT molecular complexity index is 345. The van der Waals surface area contributed by atoms with Gasteiger partial charge in [-0.1, -0.05) is 0 Å². The Labute approximate surface area is 85.6 Å². The fourth-order valence-electron chi connectivity index (χ4n) is 1.52. The van der Waals surface area contributed by atoms with Crippen molar-refractivity contribution in [2.45, 2.75) is 25.4 Å². The Kier molecular flexibility index (Phi) is 3.42. The molecule has 1 unspecified atom stereocenters. The van der Waals surface area contributed by atoms with Gasteiger partial charge in [0.15, 0.2) is 9.84 Å². The smallest absolute Gasteiger partial charge is 0.299 e. The Morgan fingerprint density at radius 3 is 2.33 bits per heavy atom. The molecule has 0 bridgehead atoms. The number of Topliss-reactive ketones (excluding diaryl/α,β-unsaturated/α-hetero) is 1. The van der Waals surface area contributed by atoms with Crippen LogP contribution in [0.25, 0.3) is 0 Å². The van der Waals surface area contributed by atoms with Gasteiger partial charge in [-0.15, -0.1) is 0 Å². The van der Waals surface area contributed by atoms with Crippen molar-refractivity contribution in [1.82, 2.24) is 0 Å². The van der Waals surface area contributed by atoms with E-state index < -0.39 is 40.6 Å². The molecule has 15 heavy (non-hydrogen) atoms. The van der Waals surface area contributed by atoms with Gasteiger partial charge in [0.05, 0.1) is 17.9 Å². The second-order valence-electron chi connectivity index (χ2n) is 3.68. The lowest BCUT2D eigenvalue weighted by Gasteiger charge is -2.08. The molecule has 1 heterocycles. The van der Waals surface area contributed by atoms with Gasteiger partial charge in [-0.05, 0) is 6.42 Å². The molecule has 7 heteroatoms. The van der Waals surface area contributed by atoms with E-state index >= 15 is 0 Å². The first-order chi connectivity index (χ1) is 6.70. The lowest BCUT2D eigenvalue weighted by atomic mass is 10.00. The molecule has 0 amide bonds. The minimum absolute atomic E-state index is 0.0879. The topological polar surface area (TPSA) is 51.2 Å². The molecule has 0 aromatic carbocycles. The summed E-state index contributed by atoms with van der Waals surface area (Å²) in [5, 5.41) is 0. The second kappa shape index (κ2) is 4.11. The molecule has 0 radical (unpaired) electrons. The lowest BCUT2D eigenvalue weighted by Crippen LogP contribution is -2.19. The number of hydrogen-bond acceptors (Lipinski definition) is 3. The van der Waals surface area contributed by atoms with Crippen LogP contribution in [0.2, 0.25) is 0 Å². The Balaban J connectivity index is 2.43. The zero-order chi connectivity index (χ0) is 11.7. The third-order valence-electron chi connectivity index (χ3n) is 2.34. The summed E-state index contributed by atoms with van der Waals surface area (Å²) in [4.78, 5) is 11.2. The van der Waals surface area contributed by atoms with Crippen LogP contribution in [-0.4, -0.2) is 31.9 Å². The molecule has 0 aromatic rings. The zero-order valence-electron chi connectivity index (χ0n) is 7.88. The Hall–Kier alpha value is -0.590. The van der Waals surface area contributed by atoms with Gasteiger partial charge in [0, 0.05) is 12.3 Å². The summed E-state index contributed by atoms with van der Waals surface area (Å²) in [6, 6.07) is 0. The van der Waals surface area contributed by atoms with Crippen molar-refractivity contribution < 1.29 is 26.4 Å². The number of ketones is 1. The normalized spacial score (nSPS) is 25.4. The summed E-state index contributed by atoms with van der Waals surface area (Å²) in [7, 11) is -3.20. The van der Waals surface area contributed by atoms with Crippen LogP contribution in [0, 0.1) is 5.92 Å². The van der Waals surface area contributed by atoms with Gasteiger partial charge >= 0.3 is 6.18 Å². The summed E-state index contributed by atoms with van der Waals surface area (Å²) in [6.45, 7) is 0. The fourth-order valence-corrected chi connectivity index (χ4v) is 3.29. The highest BCUT2D eigenvalue weighted by Crippen LogP contribution is 2.25. The van der Waals surface area contributed by atoms with Gasteiger partial charge in [0.1, 0.15) is 5.78 Å². The molecule has 3 nitrogen and oxygen atoms in total. The highest BCUT2D eigenvalue weighted by molar-refractivity contribution is 7.91. The number of sulfone groups is 1. The van der Waals surface area contributed by atoms with Gasteiger partial charge in [-0.3, -0.25) is 4.79 Å². The van der Waals surface area contributed by atoms with Crippen LogP contribution in [0.3, 0.4) is 0 Å². The molecule has 0 aliphatic carbocycles. The predicted octanol–water partition coefficient (Wildman–Crippen LogP) is 1.33. The molecule has 88 valence electrons. The Morgan fingerprint density at radius 2 is 1.93 bits per heavy atom. The first-order valence-electron chi connectivity index (χ1n) is 4.49. The van der Waals surface area contributed by atoms with Crippen LogP contribution in [0.15, 0.2) is 0 Å². The Morgan fingerprint density at radius 1 is 1.33 bits per heavy atom. The maximum Gasteiger partial charge on any atom is 0.389 e. The maximum absolute atomic E-state index is 11.8. The molecule has 1 rings (SSSR count). The number of alkyl halides is 3. The number of rotatable bonds is 3. The first-order valence-corrected chi connectivity index (χ1v) is 6.32. The zero-order valence-corrected chi connectivity index (χ0v) is 8.70. The van der Waals surface area contributed by atoms with E-state index in [4.69, 9.17) is 0 Å². The van der Waals surface area contributed by atoms with Crippen molar-refractivity contribution in [3.05, 3.63) is 0 Å². The SMILES string of the molecule is O=C(CCC(F)(F)F)C1CCS(=O)(=O)C1. The summed E-state index contributed by atoms with van der Waals surface area (Å²) in [5.41, 5.74) is 0. The van der Waals surface area contributed by atoms with Crippen LogP contribution >= 0.6 is 0 Å². The lowest BCUT2D eigenvalue weighted by molar-refractivity contribution is -0.144. The molecule has 1 aliphatic heterocycles. The summed E-state index contributed by atoms with van der Waals surface area (Å²) in [6.07, 6.45) is -5.96. The molecule has 0 saturated carbocycles. The van der Waals surface area contributed by atoms with Crippen LogP contribution < -0.4 is 0 Å². The number of carbonyl (C=O) groups is 1. The van der Waals surface area contributed by atoms with Crippen molar-refractivity contribution in [1.29, 1.82) is 0 Å². The van der Waals surface area contributed by atoms with Crippen molar-refractivity contribution in [2.24, 2.45) is 5.92 Å². The number of halogens is 3. The molecular weight excluding hydrogens is 233 g/mol. The van der Waals surface area contributed by atoms with E-state index in [2.05, 4.69) is 0 Å². The standard InChI is InChI=1S/C8H11F3O3S/c9-8(10,11)3-1-7(12)6-2-4-15(13,14)5-6/h6H,1-5H2. The third-order valence-corrected chi connectivity index (χ3v) is 4.11. The molecule has 1 fully saturated rings. The van der Waals surface area contributed by atoms with Gasteiger partial charge in [0.2, 0.25) is 0 Å². The van der Waals surface area contributed by atoms with Crippen LogP contribution in [0.5, 0.6) is 0 Å². The average molecular weight is 244 g/mol. The molecular formula is C8H11F3O3S. The van der Waals surface area contributed by atoms with Crippen molar-refractivity contribution >= 4 is 15.6 Å². The molecule has 0 N–H and O–H groups in total. The molecule has 1 saturated heterocycles. The van der Waals surface area contributed by atoms with E-state index in [1.807, 2.05) is 0 Å². The predicted molar refractivity (Wildman–Crippen MR) is 47.1 cm³/mol. The van der Waals surface area contributed by atoms with E-state index in [1.165, 1.54) is 0 Å². The van der Waals surface area contributed by atoms with Crippen LogP contribution in [0.1, 0.15) is 19.3 Å². The van der Waals surface area contributed by atoms with Crippen molar-refractivity contribution in [2.75, 3.05) is 11.5 Å². The van der Waals surface area contributed by atoms with Crippen molar-refractivity contribution in [3.63, 3.8) is 0 Å². The van der Waals surface area contributed by atoms with Crippen LogP contribution in [-0.2, 0) is 14.6 Å². The minimum atomic E-state index is -4.35. The number of hydrogen-bond donors (Lipinski definition) is 0. The molecule has 1 aliphatic rings. The summed E-state index contributed by atoms with van der Waals surface area (Å²) in [5.74, 6) is -1.69. The quantitative estimate of drug-likeness (QED) is 0.752. The molecule has 1 atom stereocenters. The largest absolute Gasteiger partial charge is 0.389 e. The van der Waals surface area contributed by atoms with Gasteiger partial charge < -0.3 is 0 Å². The molecule has 0 spiro atoms. The monoisotopic (exact) mass is 244 g/mol. The van der Waals surface area contributed by atoms with E-state index in [-0.39, 0.29) is 17.9 Å². The van der Waals surface area contributed by atoms with Gasteiger partial charge in [-0.25, -0.2) is 8.42 Å². The fraction of sp³-hybridized carbons (Fsp3) is 0.875. The summed E-state index contributed by atoms with van der Waals surface area (Å²) >= 11 is 0. The van der Waals surface area contributed by atoms with E-state index in [0.717, 1.165) is 0 Å². The first kappa shape index (κ1) is 12.5. The van der Waals surface area contributed by atoms with Crippen molar-refractivity contribution in [3.8, 4) is 0 Å². The van der Waals surface area contributed by atoms with E-state index in [1.54, 1.807) is 0 Å². The highest BCUT2D eigenvalue weighted by atomic mass is 32.2.